The molecular weight excluding hydrogens is 332 g/mol. The van der Waals surface area contributed by atoms with Crippen molar-refractivity contribution in [2.24, 2.45) is 16.5 Å². The average Bonchev–Trinajstić information content (AvgIpc) is 2.65. The van der Waals surface area contributed by atoms with Gasteiger partial charge in [0.25, 0.3) is 0 Å². The summed E-state index contributed by atoms with van der Waals surface area (Å²) in [6, 6.07) is 11.5. The number of nitrogens with zero attached hydrogens (tertiary/aromatic N) is 1. The quantitative estimate of drug-likeness (QED) is 0.732. The largest absolute Gasteiger partial charge is 0.493 e. The van der Waals surface area contributed by atoms with Gasteiger partial charge in [-0.3, -0.25) is 5.73 Å². The molecule has 1 unspecified atom stereocenters. The van der Waals surface area contributed by atoms with E-state index in [9.17, 15) is 0 Å². The molecule has 0 saturated heterocycles. The molecule has 138 valence electrons. The lowest BCUT2D eigenvalue weighted by Crippen LogP contribution is -2.50. The van der Waals surface area contributed by atoms with Crippen LogP contribution in [0.25, 0.3) is 0 Å². The molecule has 5 N–H and O–H groups in total. The van der Waals surface area contributed by atoms with Crippen LogP contribution in [0.2, 0.25) is 0 Å². The van der Waals surface area contributed by atoms with Crippen molar-refractivity contribution >= 4 is 11.5 Å². The van der Waals surface area contributed by atoms with Crippen LogP contribution in [-0.2, 0) is 6.42 Å². The van der Waals surface area contributed by atoms with Crippen molar-refractivity contribution < 1.29 is 14.2 Å². The number of fused-ring (bicyclic) bond motifs is 1. The van der Waals surface area contributed by atoms with Gasteiger partial charge >= 0.3 is 0 Å². The van der Waals surface area contributed by atoms with E-state index in [1.54, 1.807) is 21.3 Å². The third-order valence-corrected chi connectivity index (χ3v) is 4.39. The number of benzene rings is 2. The predicted octanol–water partition coefficient (Wildman–Crippen LogP) is 2.09. The van der Waals surface area contributed by atoms with Gasteiger partial charge in [0.1, 0.15) is 5.84 Å². The Hall–Kier alpha value is -2.93. The third kappa shape index (κ3) is 3.39. The fourth-order valence-electron chi connectivity index (χ4n) is 3.08. The van der Waals surface area contributed by atoms with Crippen LogP contribution in [-0.4, -0.2) is 33.0 Å². The fraction of sp³-hybridized carbons (Fsp3) is 0.316. The first kappa shape index (κ1) is 17.9. The first-order chi connectivity index (χ1) is 12.5. The van der Waals surface area contributed by atoms with Crippen molar-refractivity contribution in [1.29, 1.82) is 0 Å². The van der Waals surface area contributed by atoms with Gasteiger partial charge in [0.2, 0.25) is 5.75 Å². The maximum atomic E-state index is 6.44. The monoisotopic (exact) mass is 356 g/mol. The van der Waals surface area contributed by atoms with Crippen molar-refractivity contribution in [3.63, 3.8) is 0 Å². The van der Waals surface area contributed by atoms with Crippen molar-refractivity contribution in [2.75, 3.05) is 26.6 Å². The van der Waals surface area contributed by atoms with E-state index in [2.05, 4.69) is 10.3 Å². The Balaban J connectivity index is 1.82. The van der Waals surface area contributed by atoms with Crippen LogP contribution < -0.4 is 31.0 Å². The number of methoxy groups -OCH3 is 3. The summed E-state index contributed by atoms with van der Waals surface area (Å²) >= 11 is 0. The summed E-state index contributed by atoms with van der Waals surface area (Å²) in [5.74, 6) is 1.24. The van der Waals surface area contributed by atoms with Gasteiger partial charge in [0.05, 0.1) is 21.3 Å². The van der Waals surface area contributed by atoms with E-state index in [0.29, 0.717) is 35.9 Å². The smallest absolute Gasteiger partial charge is 0.203 e. The van der Waals surface area contributed by atoms with Crippen LogP contribution in [0.4, 0.5) is 5.69 Å². The number of hydrogen-bond donors (Lipinski definition) is 3. The molecular formula is C19H24N4O3. The number of nitrogens with two attached hydrogens (primary N) is 2. The first-order valence-electron chi connectivity index (χ1n) is 8.30. The zero-order chi connectivity index (χ0) is 18.7. The molecule has 0 saturated carbocycles. The Morgan fingerprint density at radius 3 is 2.31 bits per heavy atom. The number of rotatable bonds is 6. The average molecular weight is 356 g/mol. The van der Waals surface area contributed by atoms with Crippen LogP contribution in [0, 0.1) is 0 Å². The van der Waals surface area contributed by atoms with Crippen LogP contribution in [0.15, 0.2) is 41.4 Å². The molecule has 0 radical (unpaired) electrons. The molecule has 0 bridgehead atoms. The Labute approximate surface area is 153 Å². The molecule has 0 aromatic heterocycles. The first-order valence-corrected chi connectivity index (χ1v) is 8.30. The van der Waals surface area contributed by atoms with E-state index in [1.807, 2.05) is 36.4 Å². The van der Waals surface area contributed by atoms with Crippen LogP contribution in [0.5, 0.6) is 17.2 Å². The molecule has 7 heteroatoms. The summed E-state index contributed by atoms with van der Waals surface area (Å²) in [5.41, 5.74) is 15.3. The number of amidine groups is 1. The topological polar surface area (TPSA) is 104 Å². The molecule has 26 heavy (non-hydrogen) atoms. The number of hydrogen-bond acceptors (Lipinski definition) is 7. The van der Waals surface area contributed by atoms with Crippen LogP contribution in [0.1, 0.15) is 17.5 Å². The number of nitrogens with one attached hydrogen (secondary N) is 1. The highest BCUT2D eigenvalue weighted by molar-refractivity contribution is 6.04. The van der Waals surface area contributed by atoms with Gasteiger partial charge < -0.3 is 25.3 Å². The van der Waals surface area contributed by atoms with Gasteiger partial charge in [-0.15, -0.1) is 0 Å². The molecule has 1 atom stereocenters. The highest BCUT2D eigenvalue weighted by atomic mass is 16.5. The maximum Gasteiger partial charge on any atom is 0.203 e. The molecule has 1 aliphatic rings. The molecule has 1 heterocycles. The number of ether oxygens (including phenoxy) is 3. The van der Waals surface area contributed by atoms with E-state index in [-0.39, 0.29) is 0 Å². The highest BCUT2D eigenvalue weighted by Crippen LogP contribution is 2.39. The lowest BCUT2D eigenvalue weighted by Gasteiger charge is -2.33. The lowest BCUT2D eigenvalue weighted by molar-refractivity contribution is 0.323. The van der Waals surface area contributed by atoms with Crippen molar-refractivity contribution in [3.8, 4) is 17.2 Å². The predicted molar refractivity (Wildman–Crippen MR) is 102 cm³/mol. The summed E-state index contributed by atoms with van der Waals surface area (Å²) in [6.07, 6.45) is 1.19. The Bertz CT molecular complexity index is 812. The zero-order valence-corrected chi connectivity index (χ0v) is 15.2. The fourth-order valence-corrected chi connectivity index (χ4v) is 3.08. The summed E-state index contributed by atoms with van der Waals surface area (Å²) in [7, 11) is 4.77. The molecule has 0 fully saturated rings. The minimum absolute atomic E-state index is 0.437. The second kappa shape index (κ2) is 7.13. The van der Waals surface area contributed by atoms with E-state index in [0.717, 1.165) is 16.8 Å². The molecule has 1 aliphatic heterocycles. The second-order valence-electron chi connectivity index (χ2n) is 6.13. The molecule has 0 spiro atoms. The van der Waals surface area contributed by atoms with Crippen molar-refractivity contribution in [3.05, 3.63) is 47.5 Å². The molecule has 3 rings (SSSR count). The van der Waals surface area contributed by atoms with Gasteiger partial charge in [-0.25, -0.2) is 4.99 Å². The highest BCUT2D eigenvalue weighted by Gasteiger charge is 2.30. The summed E-state index contributed by atoms with van der Waals surface area (Å²) in [5, 5.41) is 3.28. The molecule has 0 aliphatic carbocycles. The van der Waals surface area contributed by atoms with Gasteiger partial charge in [-0.1, -0.05) is 12.1 Å². The van der Waals surface area contributed by atoms with Crippen LogP contribution >= 0.6 is 0 Å². The summed E-state index contributed by atoms with van der Waals surface area (Å²) in [6.45, 7) is 0. The van der Waals surface area contributed by atoms with Gasteiger partial charge in [-0.05, 0) is 36.2 Å². The Kier molecular flexibility index (Phi) is 4.90. The SMILES string of the molecule is COc1cc(CCC2(N)N=C(N)c3ccccc3N2)cc(OC)c1OC. The zero-order valence-electron chi connectivity index (χ0n) is 15.2. The third-order valence-electron chi connectivity index (χ3n) is 4.39. The molecule has 7 nitrogen and oxygen atoms in total. The molecule has 2 aromatic rings. The maximum absolute atomic E-state index is 6.44. The van der Waals surface area contributed by atoms with Crippen LogP contribution in [0.3, 0.4) is 0 Å². The minimum Gasteiger partial charge on any atom is -0.493 e. The van der Waals surface area contributed by atoms with E-state index in [1.165, 1.54) is 0 Å². The van der Waals surface area contributed by atoms with E-state index in [4.69, 9.17) is 25.7 Å². The van der Waals surface area contributed by atoms with Crippen molar-refractivity contribution in [1.82, 2.24) is 0 Å². The van der Waals surface area contributed by atoms with E-state index >= 15 is 0 Å². The minimum atomic E-state index is -0.973. The lowest BCUT2D eigenvalue weighted by atomic mass is 10.0. The van der Waals surface area contributed by atoms with Gasteiger partial charge in [-0.2, -0.15) is 0 Å². The Morgan fingerprint density at radius 2 is 1.69 bits per heavy atom. The molecule has 0 amide bonds. The second-order valence-corrected chi connectivity index (χ2v) is 6.13. The summed E-state index contributed by atoms with van der Waals surface area (Å²) < 4.78 is 16.2. The normalized spacial score (nSPS) is 18.4. The summed E-state index contributed by atoms with van der Waals surface area (Å²) in [4.78, 5) is 4.46. The standard InChI is InChI=1S/C19H24N4O3/c1-24-15-10-12(11-16(25-2)17(15)26-3)8-9-19(21)22-14-7-5-4-6-13(14)18(20)23-19/h4-7,10-11,22H,8-9,21H2,1-3H3,(H2,20,23). The number of aliphatic imine (C=N–C) groups is 1. The Morgan fingerprint density at radius 1 is 1.04 bits per heavy atom. The van der Waals surface area contributed by atoms with Gasteiger partial charge in [0.15, 0.2) is 17.3 Å². The number of anilines is 1. The molecule has 2 aromatic carbocycles. The van der Waals surface area contributed by atoms with Gasteiger partial charge in [0, 0.05) is 17.7 Å². The number of para-hydroxylation sites is 1. The van der Waals surface area contributed by atoms with E-state index < -0.39 is 5.79 Å². The van der Waals surface area contributed by atoms with Crippen molar-refractivity contribution in [2.45, 2.75) is 18.6 Å². The number of aryl methyl sites for hydroxylation is 1.